The smallest absolute Gasteiger partial charge is 0.374 e. The van der Waals surface area contributed by atoms with Crippen LogP contribution in [-0.4, -0.2) is 25.1 Å². The minimum absolute atomic E-state index is 0.560. The van der Waals surface area contributed by atoms with Crippen molar-refractivity contribution in [1.82, 2.24) is 0 Å². The second-order valence-electron chi connectivity index (χ2n) is 3.06. The standard InChI is InChI=1S/C6H11BO3/c1-4(8)5(9)10-6(2,3)7/h7H2,1-3H3. The molecule has 0 aromatic rings. The Kier molecular flexibility index (Phi) is 2.63. The van der Waals surface area contributed by atoms with E-state index in [1.807, 2.05) is 0 Å². The monoisotopic (exact) mass is 142 g/mol. The van der Waals surface area contributed by atoms with Gasteiger partial charge in [0.25, 0.3) is 0 Å². The van der Waals surface area contributed by atoms with Gasteiger partial charge in [0, 0.05) is 6.92 Å². The lowest BCUT2D eigenvalue weighted by atomic mass is 9.86. The van der Waals surface area contributed by atoms with Crippen LogP contribution in [-0.2, 0) is 14.3 Å². The summed E-state index contributed by atoms with van der Waals surface area (Å²) in [6.45, 7) is 4.62. The van der Waals surface area contributed by atoms with Crippen LogP contribution in [0.4, 0.5) is 0 Å². The molecule has 0 bridgehead atoms. The van der Waals surface area contributed by atoms with E-state index in [1.54, 1.807) is 21.7 Å². The SMILES string of the molecule is BC(C)(C)OC(=O)C(C)=O. The maximum absolute atomic E-state index is 10.6. The molecule has 10 heavy (non-hydrogen) atoms. The van der Waals surface area contributed by atoms with Gasteiger partial charge in [0.05, 0.1) is 5.50 Å². The number of carbonyl (C=O) groups is 2. The van der Waals surface area contributed by atoms with Crippen molar-refractivity contribution in [3.63, 3.8) is 0 Å². The predicted octanol–water partition coefficient (Wildman–Crippen LogP) is -0.512. The highest BCUT2D eigenvalue weighted by atomic mass is 16.6. The molecule has 0 aromatic carbocycles. The number of Topliss-reactive ketones (excluding diaryl/α,β-unsaturated/α-hetero) is 1. The molecule has 0 amide bonds. The molecule has 0 spiro atoms. The Morgan fingerprint density at radius 2 is 1.80 bits per heavy atom. The molecule has 0 heterocycles. The van der Waals surface area contributed by atoms with Crippen LogP contribution in [0.5, 0.6) is 0 Å². The number of ether oxygens (including phenoxy) is 1. The maximum Gasteiger partial charge on any atom is 0.374 e. The minimum atomic E-state index is -0.771. The largest absolute Gasteiger partial charge is 0.464 e. The number of esters is 1. The van der Waals surface area contributed by atoms with Crippen molar-refractivity contribution in [1.29, 1.82) is 0 Å². The Morgan fingerprint density at radius 3 is 1.90 bits per heavy atom. The van der Waals surface area contributed by atoms with Gasteiger partial charge in [-0.1, -0.05) is 0 Å². The predicted molar refractivity (Wildman–Crippen MR) is 39.4 cm³/mol. The molecule has 0 N–H and O–H groups in total. The highest BCUT2D eigenvalue weighted by Crippen LogP contribution is 2.02. The number of hydrogen-bond donors (Lipinski definition) is 0. The summed E-state index contributed by atoms with van der Waals surface area (Å²) < 4.78 is 4.71. The van der Waals surface area contributed by atoms with Crippen LogP contribution in [0.2, 0.25) is 0 Å². The highest BCUT2D eigenvalue weighted by Gasteiger charge is 2.18. The Labute approximate surface area is 61.2 Å². The summed E-state index contributed by atoms with van der Waals surface area (Å²) in [5, 5.41) is 0. The molecule has 0 unspecified atom stereocenters. The highest BCUT2D eigenvalue weighted by molar-refractivity contribution is 6.33. The van der Waals surface area contributed by atoms with Gasteiger partial charge in [-0.25, -0.2) is 4.79 Å². The van der Waals surface area contributed by atoms with Crippen molar-refractivity contribution >= 4 is 19.6 Å². The first-order valence-electron chi connectivity index (χ1n) is 3.07. The summed E-state index contributed by atoms with van der Waals surface area (Å²) in [5.41, 5.74) is -0.567. The maximum atomic E-state index is 10.6. The first kappa shape index (κ1) is 9.20. The molecule has 0 fully saturated rings. The van der Waals surface area contributed by atoms with Crippen LogP contribution in [0.25, 0.3) is 0 Å². The molecule has 4 heteroatoms. The van der Waals surface area contributed by atoms with Crippen LogP contribution in [0, 0.1) is 0 Å². The molecule has 56 valence electrons. The molecule has 0 rings (SSSR count). The molecule has 0 saturated carbocycles. The number of rotatable bonds is 2. The topological polar surface area (TPSA) is 43.4 Å². The van der Waals surface area contributed by atoms with Crippen LogP contribution in [0.1, 0.15) is 20.8 Å². The fourth-order valence-corrected chi connectivity index (χ4v) is 0.350. The van der Waals surface area contributed by atoms with Gasteiger partial charge in [-0.3, -0.25) is 4.79 Å². The summed E-state index contributed by atoms with van der Waals surface area (Å²) in [5.74, 6) is -1.33. The Balaban J connectivity index is 3.93. The van der Waals surface area contributed by atoms with Gasteiger partial charge in [0.2, 0.25) is 5.78 Å². The van der Waals surface area contributed by atoms with Gasteiger partial charge in [0.15, 0.2) is 7.85 Å². The molecule has 0 aliphatic heterocycles. The Morgan fingerprint density at radius 1 is 1.40 bits per heavy atom. The Bertz CT molecular complexity index is 157. The van der Waals surface area contributed by atoms with Crippen molar-refractivity contribution in [3.05, 3.63) is 0 Å². The second kappa shape index (κ2) is 2.86. The minimum Gasteiger partial charge on any atom is -0.464 e. The quantitative estimate of drug-likeness (QED) is 0.296. The van der Waals surface area contributed by atoms with Gasteiger partial charge in [-0.05, 0) is 13.8 Å². The van der Waals surface area contributed by atoms with E-state index < -0.39 is 17.3 Å². The first-order valence-corrected chi connectivity index (χ1v) is 3.07. The van der Waals surface area contributed by atoms with E-state index >= 15 is 0 Å². The number of carbonyl (C=O) groups excluding carboxylic acids is 2. The second-order valence-corrected chi connectivity index (χ2v) is 3.06. The molecule has 0 aliphatic rings. The number of hydrogen-bond acceptors (Lipinski definition) is 3. The van der Waals surface area contributed by atoms with Crippen molar-refractivity contribution in [2.75, 3.05) is 0 Å². The van der Waals surface area contributed by atoms with Gasteiger partial charge in [-0.2, -0.15) is 0 Å². The van der Waals surface area contributed by atoms with Gasteiger partial charge in [0.1, 0.15) is 0 Å². The van der Waals surface area contributed by atoms with E-state index in [2.05, 4.69) is 0 Å². The van der Waals surface area contributed by atoms with Gasteiger partial charge < -0.3 is 4.74 Å². The zero-order valence-corrected chi connectivity index (χ0v) is 6.72. The molecule has 0 aliphatic carbocycles. The third kappa shape index (κ3) is 4.12. The third-order valence-corrected chi connectivity index (χ3v) is 0.686. The van der Waals surface area contributed by atoms with E-state index in [-0.39, 0.29) is 0 Å². The fourth-order valence-electron chi connectivity index (χ4n) is 0.350. The van der Waals surface area contributed by atoms with Crippen LogP contribution in [0.15, 0.2) is 0 Å². The van der Waals surface area contributed by atoms with Crippen molar-refractivity contribution in [2.45, 2.75) is 26.3 Å². The molecular weight excluding hydrogens is 131 g/mol. The molecule has 0 radical (unpaired) electrons. The van der Waals surface area contributed by atoms with Crippen molar-refractivity contribution in [3.8, 4) is 0 Å². The van der Waals surface area contributed by atoms with Crippen LogP contribution in [0.3, 0.4) is 0 Å². The average molecular weight is 142 g/mol. The molecule has 0 saturated heterocycles. The fraction of sp³-hybridized carbons (Fsp3) is 0.667. The molecular formula is C6H11BO3. The van der Waals surface area contributed by atoms with E-state index in [0.717, 1.165) is 0 Å². The van der Waals surface area contributed by atoms with Crippen molar-refractivity contribution in [2.24, 2.45) is 0 Å². The summed E-state index contributed by atoms with van der Waals surface area (Å²) in [4.78, 5) is 20.9. The van der Waals surface area contributed by atoms with Crippen LogP contribution < -0.4 is 0 Å². The van der Waals surface area contributed by atoms with E-state index in [1.165, 1.54) is 6.92 Å². The van der Waals surface area contributed by atoms with Crippen LogP contribution >= 0.6 is 0 Å². The van der Waals surface area contributed by atoms with Crippen molar-refractivity contribution < 1.29 is 14.3 Å². The normalized spacial score (nSPS) is 10.7. The lowest BCUT2D eigenvalue weighted by molar-refractivity contribution is -0.157. The average Bonchev–Trinajstić information content (AvgIpc) is 1.60. The van der Waals surface area contributed by atoms with E-state index in [0.29, 0.717) is 0 Å². The first-order chi connectivity index (χ1) is 4.33. The lowest BCUT2D eigenvalue weighted by Gasteiger charge is -2.18. The third-order valence-electron chi connectivity index (χ3n) is 0.686. The summed E-state index contributed by atoms with van der Waals surface area (Å²) >= 11 is 0. The summed E-state index contributed by atoms with van der Waals surface area (Å²) in [6, 6.07) is 0. The summed E-state index contributed by atoms with van der Waals surface area (Å²) in [7, 11) is 1.72. The summed E-state index contributed by atoms with van der Waals surface area (Å²) in [6.07, 6.45) is 0. The zero-order valence-electron chi connectivity index (χ0n) is 6.72. The molecule has 3 nitrogen and oxygen atoms in total. The number of ketones is 1. The lowest BCUT2D eigenvalue weighted by Crippen LogP contribution is -2.30. The Hall–Kier alpha value is -0.795. The zero-order chi connectivity index (χ0) is 8.36. The molecule has 0 aromatic heterocycles. The van der Waals surface area contributed by atoms with E-state index in [4.69, 9.17) is 4.74 Å². The van der Waals surface area contributed by atoms with E-state index in [9.17, 15) is 9.59 Å². The molecule has 0 atom stereocenters. The van der Waals surface area contributed by atoms with Gasteiger partial charge in [-0.15, -0.1) is 0 Å². The van der Waals surface area contributed by atoms with Gasteiger partial charge >= 0.3 is 5.97 Å².